The van der Waals surface area contributed by atoms with Crippen LogP contribution in [0.25, 0.3) is 0 Å². The van der Waals surface area contributed by atoms with Crippen LogP contribution < -0.4 is 0 Å². The van der Waals surface area contributed by atoms with Gasteiger partial charge in [-0.1, -0.05) is 13.8 Å². The first kappa shape index (κ1) is 12.7. The van der Waals surface area contributed by atoms with E-state index in [4.69, 9.17) is 0 Å². The van der Waals surface area contributed by atoms with Gasteiger partial charge in [-0.05, 0) is 12.8 Å². The Labute approximate surface area is 97.1 Å². The van der Waals surface area contributed by atoms with Crippen LogP contribution >= 0.6 is 0 Å². The molecule has 1 aromatic rings. The zero-order chi connectivity index (χ0) is 11.8. The van der Waals surface area contributed by atoms with Gasteiger partial charge in [0.15, 0.2) is 0 Å². The molecule has 0 bridgehead atoms. The minimum Gasteiger partial charge on any atom is -0.348 e. The number of aryl methyl sites for hydroxylation is 1. The average molecular weight is 222 g/mol. The van der Waals surface area contributed by atoms with Crippen LogP contribution in [0.4, 0.5) is 0 Å². The van der Waals surface area contributed by atoms with Gasteiger partial charge in [0.2, 0.25) is 5.91 Å². The molecule has 0 spiro atoms. The molecule has 1 aromatic heterocycles. The van der Waals surface area contributed by atoms with Gasteiger partial charge in [-0.25, -0.2) is 4.98 Å². The number of rotatable bonds is 7. The van der Waals surface area contributed by atoms with Crippen molar-refractivity contribution in [2.24, 2.45) is 0 Å². The molecule has 0 aromatic carbocycles. The number of hydrogen-bond acceptors (Lipinski definition) is 2. The van der Waals surface area contributed by atoms with Crippen molar-refractivity contribution in [2.75, 3.05) is 13.1 Å². The van der Waals surface area contributed by atoms with Crippen LogP contribution in [0.5, 0.6) is 0 Å². The van der Waals surface area contributed by atoms with E-state index in [9.17, 15) is 4.79 Å². The smallest absolute Gasteiger partial charge is 0.223 e. The Hall–Kier alpha value is -1.32. The minimum absolute atomic E-state index is 0.222. The molecule has 4 heteroatoms. The monoisotopic (exact) mass is 222 g/mol. The Morgan fingerprint density at radius 1 is 1.44 bits per heavy atom. The molecule has 1 N–H and O–H groups in total. The third kappa shape index (κ3) is 4.04. The quantitative estimate of drug-likeness (QED) is 0.764. The third-order valence-corrected chi connectivity index (χ3v) is 2.42. The minimum atomic E-state index is 0.222. The number of aromatic amines is 1. The van der Waals surface area contributed by atoms with E-state index in [0.717, 1.165) is 31.8 Å². The van der Waals surface area contributed by atoms with E-state index in [2.05, 4.69) is 30.0 Å². The van der Waals surface area contributed by atoms with E-state index in [1.54, 1.807) is 6.20 Å². The summed E-state index contributed by atoms with van der Waals surface area (Å²) in [5.41, 5.74) is 0. The van der Waals surface area contributed by atoms with Crippen LogP contribution in [-0.2, 0) is 11.2 Å². The summed E-state index contributed by atoms with van der Waals surface area (Å²) >= 11 is 0. The largest absolute Gasteiger partial charge is 0.348 e. The molecule has 0 fully saturated rings. The van der Waals surface area contributed by atoms with Gasteiger partial charge < -0.3 is 9.88 Å². The van der Waals surface area contributed by atoms with Crippen LogP contribution in [0.3, 0.4) is 0 Å². The number of nitrogens with one attached hydrogen (secondary N) is 1. The van der Waals surface area contributed by atoms with E-state index in [1.807, 2.05) is 4.90 Å². The zero-order valence-corrected chi connectivity index (χ0v) is 10.1. The van der Waals surface area contributed by atoms with Crippen LogP contribution in [0, 0.1) is 6.20 Å². The molecule has 1 heterocycles. The van der Waals surface area contributed by atoms with Gasteiger partial charge in [0.25, 0.3) is 0 Å². The Bertz CT molecular complexity index is 289. The van der Waals surface area contributed by atoms with Crippen molar-refractivity contribution >= 4 is 5.91 Å². The number of carbonyl (C=O) groups excluding carboxylic acids is 1. The molecular weight excluding hydrogens is 202 g/mol. The summed E-state index contributed by atoms with van der Waals surface area (Å²) in [5.74, 6) is 1.06. The summed E-state index contributed by atoms with van der Waals surface area (Å²) in [5, 5.41) is 0. The molecule has 1 amide bonds. The summed E-state index contributed by atoms with van der Waals surface area (Å²) < 4.78 is 0. The van der Waals surface area contributed by atoms with Crippen molar-refractivity contribution in [1.82, 2.24) is 14.9 Å². The predicted octanol–water partition coefficient (Wildman–Crippen LogP) is 1.79. The highest BCUT2D eigenvalue weighted by molar-refractivity contribution is 5.76. The van der Waals surface area contributed by atoms with Gasteiger partial charge in [0.05, 0.1) is 0 Å². The number of carbonyl (C=O) groups is 1. The highest BCUT2D eigenvalue weighted by Crippen LogP contribution is 2.02. The first-order chi connectivity index (χ1) is 7.77. The summed E-state index contributed by atoms with van der Waals surface area (Å²) in [6.45, 7) is 5.91. The molecule has 4 nitrogen and oxygen atoms in total. The lowest BCUT2D eigenvalue weighted by Crippen LogP contribution is -2.32. The first-order valence-electron chi connectivity index (χ1n) is 5.96. The second-order valence-electron chi connectivity index (χ2n) is 3.86. The predicted molar refractivity (Wildman–Crippen MR) is 62.9 cm³/mol. The Morgan fingerprint density at radius 3 is 2.62 bits per heavy atom. The zero-order valence-electron chi connectivity index (χ0n) is 10.1. The van der Waals surface area contributed by atoms with Crippen LogP contribution in [0.1, 0.15) is 38.9 Å². The molecule has 0 saturated heterocycles. The van der Waals surface area contributed by atoms with E-state index in [1.165, 1.54) is 0 Å². The Kier molecular flexibility index (Phi) is 5.61. The van der Waals surface area contributed by atoms with E-state index in [-0.39, 0.29) is 5.91 Å². The number of hydrogen-bond donors (Lipinski definition) is 1. The maximum absolute atomic E-state index is 11.9. The number of nitrogens with zero attached hydrogens (tertiary/aromatic N) is 2. The average Bonchev–Trinajstić information content (AvgIpc) is 2.78. The van der Waals surface area contributed by atoms with E-state index in [0.29, 0.717) is 12.8 Å². The van der Waals surface area contributed by atoms with Gasteiger partial charge in [-0.15, -0.1) is 0 Å². The summed E-state index contributed by atoms with van der Waals surface area (Å²) in [4.78, 5) is 20.8. The fraction of sp³-hybridized carbons (Fsp3) is 0.667. The molecule has 1 rings (SSSR count). The second-order valence-corrected chi connectivity index (χ2v) is 3.86. The van der Waals surface area contributed by atoms with Crippen LogP contribution in [0.15, 0.2) is 6.20 Å². The van der Waals surface area contributed by atoms with E-state index >= 15 is 0 Å². The van der Waals surface area contributed by atoms with Crippen molar-refractivity contribution in [2.45, 2.75) is 39.5 Å². The number of aromatic nitrogens is 2. The molecule has 0 aliphatic carbocycles. The molecule has 0 saturated carbocycles. The van der Waals surface area contributed by atoms with Gasteiger partial charge in [0, 0.05) is 32.1 Å². The van der Waals surface area contributed by atoms with Crippen LogP contribution in [-0.4, -0.2) is 33.9 Å². The fourth-order valence-corrected chi connectivity index (χ4v) is 1.67. The molecular formula is C12H20N3O. The SMILES string of the molecule is CCCN(CCC)C(=O)CCc1n[c]c[nH]1. The van der Waals surface area contributed by atoms with Gasteiger partial charge in [0.1, 0.15) is 12.0 Å². The topological polar surface area (TPSA) is 49.0 Å². The van der Waals surface area contributed by atoms with Crippen molar-refractivity contribution in [3.05, 3.63) is 18.2 Å². The third-order valence-electron chi connectivity index (χ3n) is 2.42. The van der Waals surface area contributed by atoms with Gasteiger partial charge in [-0.2, -0.15) is 0 Å². The number of amides is 1. The lowest BCUT2D eigenvalue weighted by molar-refractivity contribution is -0.131. The molecule has 0 aliphatic heterocycles. The first-order valence-corrected chi connectivity index (χ1v) is 5.96. The molecule has 1 radical (unpaired) electrons. The maximum Gasteiger partial charge on any atom is 0.223 e. The highest BCUT2D eigenvalue weighted by Gasteiger charge is 2.11. The maximum atomic E-state index is 11.9. The normalized spacial score (nSPS) is 10.4. The number of imidazole rings is 1. The number of H-pyrrole nitrogens is 1. The van der Waals surface area contributed by atoms with E-state index < -0.39 is 0 Å². The summed E-state index contributed by atoms with van der Waals surface area (Å²) in [7, 11) is 0. The lowest BCUT2D eigenvalue weighted by atomic mass is 10.2. The molecule has 0 aliphatic rings. The summed E-state index contributed by atoms with van der Waals surface area (Å²) in [6.07, 6.45) is 7.60. The molecule has 0 atom stereocenters. The van der Waals surface area contributed by atoms with Gasteiger partial charge >= 0.3 is 0 Å². The lowest BCUT2D eigenvalue weighted by Gasteiger charge is -2.21. The van der Waals surface area contributed by atoms with Crippen molar-refractivity contribution in [3.8, 4) is 0 Å². The van der Waals surface area contributed by atoms with Crippen molar-refractivity contribution in [1.29, 1.82) is 0 Å². The standard InChI is InChI=1S/C12H20N3O/c1-3-9-15(10-4-2)12(16)6-5-11-13-7-8-14-11/h7H,3-6,9-10H2,1-2H3,(H,13,14). The van der Waals surface area contributed by atoms with Crippen LogP contribution in [0.2, 0.25) is 0 Å². The summed E-state index contributed by atoms with van der Waals surface area (Å²) in [6, 6.07) is 0. The second kappa shape index (κ2) is 7.04. The Morgan fingerprint density at radius 2 is 2.12 bits per heavy atom. The molecule has 89 valence electrons. The molecule has 0 unspecified atom stereocenters. The van der Waals surface area contributed by atoms with Crippen molar-refractivity contribution in [3.63, 3.8) is 0 Å². The Balaban J connectivity index is 2.36. The van der Waals surface area contributed by atoms with Crippen molar-refractivity contribution < 1.29 is 4.79 Å². The highest BCUT2D eigenvalue weighted by atomic mass is 16.2. The fourth-order valence-electron chi connectivity index (χ4n) is 1.67. The van der Waals surface area contributed by atoms with Gasteiger partial charge in [-0.3, -0.25) is 4.79 Å². The molecule has 16 heavy (non-hydrogen) atoms.